The standard InChI is InChI=1S/C11H18N6O2/c1-19-11(18)7-2-4-17(5-3-7)10-8(12)9(16-13)14-6-15-10/h6-7H,2-5,12-13H2,1H3,(H,14,15,16). The summed E-state index contributed by atoms with van der Waals surface area (Å²) in [7, 11) is 1.41. The molecule has 5 N–H and O–H groups in total. The van der Waals surface area contributed by atoms with Gasteiger partial charge >= 0.3 is 5.97 Å². The number of carbonyl (C=O) groups excluding carboxylic acids is 1. The molecule has 0 spiro atoms. The smallest absolute Gasteiger partial charge is 0.308 e. The number of carbonyl (C=O) groups is 1. The minimum atomic E-state index is -0.153. The molecule has 0 amide bonds. The van der Waals surface area contributed by atoms with Crippen molar-refractivity contribution in [1.82, 2.24) is 9.97 Å². The Bertz CT molecular complexity index is 458. The third-order valence-corrected chi connectivity index (χ3v) is 3.33. The number of rotatable bonds is 3. The van der Waals surface area contributed by atoms with E-state index in [1.807, 2.05) is 4.90 Å². The third-order valence-electron chi connectivity index (χ3n) is 3.33. The molecule has 0 saturated carbocycles. The normalized spacial score (nSPS) is 16.2. The van der Waals surface area contributed by atoms with E-state index in [1.54, 1.807) is 0 Å². The Kier molecular flexibility index (Phi) is 4.00. The number of nitrogens with zero attached hydrogens (tertiary/aromatic N) is 3. The second-order valence-corrected chi connectivity index (χ2v) is 4.39. The first kappa shape index (κ1) is 13.3. The summed E-state index contributed by atoms with van der Waals surface area (Å²) in [6.07, 6.45) is 2.86. The molecule has 0 aliphatic carbocycles. The van der Waals surface area contributed by atoms with E-state index >= 15 is 0 Å². The summed E-state index contributed by atoms with van der Waals surface area (Å²) in [6.45, 7) is 1.40. The van der Waals surface area contributed by atoms with Crippen LogP contribution in [0.4, 0.5) is 17.3 Å². The lowest BCUT2D eigenvalue weighted by atomic mass is 9.97. The van der Waals surface area contributed by atoms with E-state index < -0.39 is 0 Å². The second-order valence-electron chi connectivity index (χ2n) is 4.39. The Morgan fingerprint density at radius 3 is 2.74 bits per heavy atom. The topological polar surface area (TPSA) is 119 Å². The van der Waals surface area contributed by atoms with Crippen molar-refractivity contribution in [3.05, 3.63) is 6.33 Å². The number of hydrogen-bond acceptors (Lipinski definition) is 8. The van der Waals surface area contributed by atoms with Gasteiger partial charge in [0.05, 0.1) is 13.0 Å². The molecule has 1 aliphatic heterocycles. The van der Waals surface area contributed by atoms with E-state index in [4.69, 9.17) is 16.3 Å². The van der Waals surface area contributed by atoms with Gasteiger partial charge in [0, 0.05) is 13.1 Å². The number of hydrogen-bond donors (Lipinski definition) is 3. The van der Waals surface area contributed by atoms with Crippen LogP contribution in [0, 0.1) is 5.92 Å². The quantitative estimate of drug-likeness (QED) is 0.388. The molecule has 2 heterocycles. The highest BCUT2D eigenvalue weighted by molar-refractivity contribution is 5.76. The number of methoxy groups -OCH3 is 1. The van der Waals surface area contributed by atoms with E-state index in [9.17, 15) is 4.79 Å². The van der Waals surface area contributed by atoms with Crippen molar-refractivity contribution >= 4 is 23.3 Å². The van der Waals surface area contributed by atoms with Gasteiger partial charge in [0.15, 0.2) is 11.6 Å². The van der Waals surface area contributed by atoms with Crippen molar-refractivity contribution in [2.75, 3.05) is 36.3 Å². The van der Waals surface area contributed by atoms with Gasteiger partial charge in [-0.1, -0.05) is 0 Å². The monoisotopic (exact) mass is 266 g/mol. The van der Waals surface area contributed by atoms with Gasteiger partial charge in [-0.05, 0) is 12.8 Å². The highest BCUT2D eigenvalue weighted by atomic mass is 16.5. The predicted molar refractivity (Wildman–Crippen MR) is 71.2 cm³/mol. The molecular formula is C11H18N6O2. The van der Waals surface area contributed by atoms with Gasteiger partial charge in [-0.15, -0.1) is 0 Å². The van der Waals surface area contributed by atoms with E-state index in [0.717, 1.165) is 12.8 Å². The van der Waals surface area contributed by atoms with Crippen LogP contribution in [-0.4, -0.2) is 36.1 Å². The van der Waals surface area contributed by atoms with Crippen LogP contribution >= 0.6 is 0 Å². The highest BCUT2D eigenvalue weighted by Crippen LogP contribution is 2.29. The van der Waals surface area contributed by atoms with Gasteiger partial charge in [0.1, 0.15) is 12.0 Å². The van der Waals surface area contributed by atoms with Gasteiger partial charge in [-0.3, -0.25) is 4.79 Å². The lowest BCUT2D eigenvalue weighted by molar-refractivity contribution is -0.146. The van der Waals surface area contributed by atoms with Crippen molar-refractivity contribution in [1.29, 1.82) is 0 Å². The Morgan fingerprint density at radius 2 is 2.16 bits per heavy atom. The van der Waals surface area contributed by atoms with Gasteiger partial charge < -0.3 is 20.8 Å². The zero-order valence-electron chi connectivity index (χ0n) is 10.8. The summed E-state index contributed by atoms with van der Waals surface area (Å²) in [5.74, 6) is 6.18. The van der Waals surface area contributed by atoms with Gasteiger partial charge in [0.25, 0.3) is 0 Å². The Morgan fingerprint density at radius 1 is 1.47 bits per heavy atom. The zero-order chi connectivity index (χ0) is 13.8. The Balaban J connectivity index is 2.08. The number of nitrogens with one attached hydrogen (secondary N) is 1. The molecular weight excluding hydrogens is 248 g/mol. The van der Waals surface area contributed by atoms with Crippen molar-refractivity contribution < 1.29 is 9.53 Å². The molecule has 0 unspecified atom stereocenters. The number of nitrogen functional groups attached to an aromatic ring is 2. The lowest BCUT2D eigenvalue weighted by Gasteiger charge is -2.32. The number of anilines is 3. The third kappa shape index (κ3) is 2.68. The van der Waals surface area contributed by atoms with Crippen LogP contribution in [0.25, 0.3) is 0 Å². The highest BCUT2D eigenvalue weighted by Gasteiger charge is 2.27. The lowest BCUT2D eigenvalue weighted by Crippen LogP contribution is -2.37. The maximum atomic E-state index is 11.5. The Labute approximate surface area is 111 Å². The predicted octanol–water partition coefficient (Wildman–Crippen LogP) is -0.266. The first-order valence-electron chi connectivity index (χ1n) is 6.07. The van der Waals surface area contributed by atoms with Crippen molar-refractivity contribution in [3.63, 3.8) is 0 Å². The van der Waals surface area contributed by atoms with Crippen molar-refractivity contribution in [2.45, 2.75) is 12.8 Å². The summed E-state index contributed by atoms with van der Waals surface area (Å²) in [5.41, 5.74) is 8.80. The number of hydrazine groups is 1. The zero-order valence-corrected chi connectivity index (χ0v) is 10.8. The number of nitrogens with two attached hydrogens (primary N) is 2. The Hall–Kier alpha value is -2.09. The molecule has 104 valence electrons. The molecule has 1 saturated heterocycles. The summed E-state index contributed by atoms with van der Waals surface area (Å²) in [6, 6.07) is 0. The van der Waals surface area contributed by atoms with Crippen LogP contribution in [0.15, 0.2) is 6.33 Å². The van der Waals surface area contributed by atoms with Crippen LogP contribution in [0.1, 0.15) is 12.8 Å². The SMILES string of the molecule is COC(=O)C1CCN(c2ncnc(NN)c2N)CC1. The molecule has 0 bridgehead atoms. The molecule has 8 nitrogen and oxygen atoms in total. The summed E-state index contributed by atoms with van der Waals surface area (Å²) < 4.78 is 4.76. The van der Waals surface area contributed by atoms with Crippen molar-refractivity contribution in [2.24, 2.45) is 11.8 Å². The molecule has 2 rings (SSSR count). The number of aromatic nitrogens is 2. The fraction of sp³-hybridized carbons (Fsp3) is 0.545. The van der Waals surface area contributed by atoms with Gasteiger partial charge in [0.2, 0.25) is 0 Å². The first-order chi connectivity index (χ1) is 9.17. The van der Waals surface area contributed by atoms with Crippen LogP contribution in [0.3, 0.4) is 0 Å². The largest absolute Gasteiger partial charge is 0.469 e. The van der Waals surface area contributed by atoms with Crippen LogP contribution < -0.4 is 21.9 Å². The van der Waals surface area contributed by atoms with Crippen molar-refractivity contribution in [3.8, 4) is 0 Å². The molecule has 1 aromatic rings. The van der Waals surface area contributed by atoms with E-state index in [2.05, 4.69) is 15.4 Å². The molecule has 1 aliphatic rings. The first-order valence-corrected chi connectivity index (χ1v) is 6.07. The fourth-order valence-electron chi connectivity index (χ4n) is 2.25. The maximum Gasteiger partial charge on any atom is 0.308 e. The summed E-state index contributed by atoms with van der Waals surface area (Å²) in [4.78, 5) is 21.6. The summed E-state index contributed by atoms with van der Waals surface area (Å²) in [5, 5.41) is 0. The minimum Gasteiger partial charge on any atom is -0.469 e. The average molecular weight is 266 g/mol. The van der Waals surface area contributed by atoms with Crippen LogP contribution in [-0.2, 0) is 9.53 Å². The molecule has 1 aromatic heterocycles. The van der Waals surface area contributed by atoms with Gasteiger partial charge in [-0.2, -0.15) is 0 Å². The average Bonchev–Trinajstić information content (AvgIpc) is 2.47. The second kappa shape index (κ2) is 5.70. The van der Waals surface area contributed by atoms with Crippen LogP contribution in [0.2, 0.25) is 0 Å². The molecule has 19 heavy (non-hydrogen) atoms. The van der Waals surface area contributed by atoms with E-state index in [1.165, 1.54) is 13.4 Å². The van der Waals surface area contributed by atoms with E-state index in [0.29, 0.717) is 30.4 Å². The minimum absolute atomic E-state index is 0.0450. The number of esters is 1. The molecule has 0 aromatic carbocycles. The van der Waals surface area contributed by atoms with E-state index in [-0.39, 0.29) is 11.9 Å². The van der Waals surface area contributed by atoms with Gasteiger partial charge in [-0.25, -0.2) is 15.8 Å². The fourth-order valence-corrected chi connectivity index (χ4v) is 2.25. The molecule has 0 radical (unpaired) electrons. The molecule has 0 atom stereocenters. The summed E-state index contributed by atoms with van der Waals surface area (Å²) >= 11 is 0. The number of piperidine rings is 1. The maximum absolute atomic E-state index is 11.5. The molecule has 1 fully saturated rings. The molecule has 8 heteroatoms. The number of ether oxygens (including phenoxy) is 1. The van der Waals surface area contributed by atoms with Crippen LogP contribution in [0.5, 0.6) is 0 Å².